The van der Waals surface area contributed by atoms with Crippen LogP contribution in [0.5, 0.6) is 0 Å². The Labute approximate surface area is 100 Å². The van der Waals surface area contributed by atoms with Gasteiger partial charge in [-0.15, -0.1) is 11.8 Å². The molecule has 3 unspecified atom stereocenters. The lowest BCUT2D eigenvalue weighted by molar-refractivity contribution is 0.147. The van der Waals surface area contributed by atoms with Crippen LogP contribution in [-0.2, 0) is 0 Å². The van der Waals surface area contributed by atoms with Crippen LogP contribution in [0.4, 0.5) is 0 Å². The summed E-state index contributed by atoms with van der Waals surface area (Å²) >= 11 is 0. The zero-order valence-corrected chi connectivity index (χ0v) is 11.0. The molecule has 0 aromatic carbocycles. The number of nitrogens with two attached hydrogens (primary N) is 1. The fourth-order valence-corrected chi connectivity index (χ4v) is 2.64. The van der Waals surface area contributed by atoms with Crippen molar-refractivity contribution in [2.24, 2.45) is 17.6 Å². The highest BCUT2D eigenvalue weighted by Crippen LogP contribution is 2.35. The molecule has 0 aromatic heterocycles. The molecule has 0 aromatic rings. The largest absolute Gasteiger partial charge is 0.329 e. The van der Waals surface area contributed by atoms with Gasteiger partial charge in [0.15, 0.2) is 0 Å². The molecule has 1 rings (SSSR count). The summed E-state index contributed by atoms with van der Waals surface area (Å²) in [5, 5.41) is 3.64. The second-order valence-electron chi connectivity index (χ2n) is 5.29. The number of rotatable bonds is 4. The predicted molar refractivity (Wildman–Crippen MR) is 70.0 cm³/mol. The molecule has 0 radical (unpaired) electrons. The summed E-state index contributed by atoms with van der Waals surface area (Å²) in [6, 6.07) is 0. The molecule has 1 fully saturated rings. The van der Waals surface area contributed by atoms with Crippen LogP contribution >= 0.6 is 0 Å². The van der Waals surface area contributed by atoms with Gasteiger partial charge in [-0.3, -0.25) is 0 Å². The first-order valence-electron chi connectivity index (χ1n) is 6.48. The molecule has 3 N–H and O–H groups in total. The molecule has 0 heterocycles. The quantitative estimate of drug-likeness (QED) is 0.565. The van der Waals surface area contributed by atoms with Gasteiger partial charge in [0, 0.05) is 25.0 Å². The molecule has 16 heavy (non-hydrogen) atoms. The van der Waals surface area contributed by atoms with Gasteiger partial charge in [-0.05, 0) is 38.0 Å². The van der Waals surface area contributed by atoms with Crippen LogP contribution in [0.15, 0.2) is 0 Å². The van der Waals surface area contributed by atoms with Crippen molar-refractivity contribution in [1.82, 2.24) is 5.32 Å². The Hall–Kier alpha value is -0.520. The van der Waals surface area contributed by atoms with E-state index in [-0.39, 0.29) is 5.54 Å². The lowest BCUT2D eigenvalue weighted by Crippen LogP contribution is -2.55. The lowest BCUT2D eigenvalue weighted by atomic mass is 9.71. The second-order valence-corrected chi connectivity index (χ2v) is 5.29. The molecule has 0 aliphatic heterocycles. The minimum absolute atomic E-state index is 0.182. The Kier molecular flexibility index (Phi) is 5.31. The molecule has 1 aliphatic carbocycles. The standard InChI is InChI=1S/C14H26N2/c1-4-5-6-9-16-14(11-15)8-7-12(2)13(3)10-14/h12-13,16H,6-11,15H2,1-3H3. The SMILES string of the molecule is CC#CCCNC1(CN)CCC(C)C(C)C1. The highest BCUT2D eigenvalue weighted by molar-refractivity contribution is 4.99. The zero-order valence-electron chi connectivity index (χ0n) is 11.0. The summed E-state index contributed by atoms with van der Waals surface area (Å²) in [5.41, 5.74) is 6.14. The number of hydrogen-bond acceptors (Lipinski definition) is 2. The maximum atomic E-state index is 5.96. The minimum Gasteiger partial charge on any atom is -0.329 e. The van der Waals surface area contributed by atoms with Crippen LogP contribution in [0, 0.1) is 23.7 Å². The topological polar surface area (TPSA) is 38.0 Å². The van der Waals surface area contributed by atoms with E-state index in [0.717, 1.165) is 31.3 Å². The Bertz CT molecular complexity index is 264. The Balaban J connectivity index is 2.46. The van der Waals surface area contributed by atoms with E-state index in [1.54, 1.807) is 0 Å². The third kappa shape index (κ3) is 3.50. The first kappa shape index (κ1) is 13.5. The predicted octanol–water partition coefficient (Wildman–Crippen LogP) is 2.14. The van der Waals surface area contributed by atoms with Crippen molar-refractivity contribution in [2.45, 2.75) is 52.0 Å². The summed E-state index contributed by atoms with van der Waals surface area (Å²) in [6.45, 7) is 8.32. The van der Waals surface area contributed by atoms with E-state index in [1.807, 2.05) is 6.92 Å². The second kappa shape index (κ2) is 6.27. The maximum Gasteiger partial charge on any atom is 0.0307 e. The summed E-state index contributed by atoms with van der Waals surface area (Å²) in [4.78, 5) is 0. The summed E-state index contributed by atoms with van der Waals surface area (Å²) in [5.74, 6) is 7.65. The first-order valence-corrected chi connectivity index (χ1v) is 6.48. The van der Waals surface area contributed by atoms with Crippen molar-refractivity contribution in [3.05, 3.63) is 0 Å². The highest BCUT2D eigenvalue weighted by Gasteiger charge is 2.35. The molecule has 0 amide bonds. The normalized spacial score (nSPS) is 34.2. The van der Waals surface area contributed by atoms with E-state index in [4.69, 9.17) is 5.73 Å². The molecule has 0 bridgehead atoms. The van der Waals surface area contributed by atoms with Crippen molar-refractivity contribution < 1.29 is 0 Å². The number of hydrogen-bond donors (Lipinski definition) is 2. The third-order valence-corrected chi connectivity index (χ3v) is 4.08. The van der Waals surface area contributed by atoms with E-state index < -0.39 is 0 Å². The third-order valence-electron chi connectivity index (χ3n) is 4.08. The van der Waals surface area contributed by atoms with Gasteiger partial charge in [0.1, 0.15) is 0 Å². The van der Waals surface area contributed by atoms with Gasteiger partial charge < -0.3 is 11.1 Å². The van der Waals surface area contributed by atoms with Crippen LogP contribution in [0.2, 0.25) is 0 Å². The Morgan fingerprint density at radius 2 is 2.12 bits per heavy atom. The van der Waals surface area contributed by atoms with Crippen LogP contribution in [0.1, 0.15) is 46.5 Å². The van der Waals surface area contributed by atoms with Gasteiger partial charge in [-0.25, -0.2) is 0 Å². The van der Waals surface area contributed by atoms with E-state index >= 15 is 0 Å². The maximum absolute atomic E-state index is 5.96. The zero-order chi connectivity index (χ0) is 12.0. The van der Waals surface area contributed by atoms with E-state index in [2.05, 4.69) is 31.0 Å². The number of nitrogens with one attached hydrogen (secondary N) is 1. The van der Waals surface area contributed by atoms with Gasteiger partial charge in [0.2, 0.25) is 0 Å². The van der Waals surface area contributed by atoms with Gasteiger partial charge in [-0.2, -0.15) is 0 Å². The smallest absolute Gasteiger partial charge is 0.0307 e. The molecule has 1 saturated carbocycles. The summed E-state index contributed by atoms with van der Waals surface area (Å²) < 4.78 is 0. The molecule has 1 aliphatic rings. The average Bonchev–Trinajstić information content (AvgIpc) is 2.30. The van der Waals surface area contributed by atoms with Crippen molar-refractivity contribution >= 4 is 0 Å². The van der Waals surface area contributed by atoms with Crippen LogP contribution in [0.25, 0.3) is 0 Å². The molecule has 2 nitrogen and oxygen atoms in total. The Morgan fingerprint density at radius 1 is 1.38 bits per heavy atom. The van der Waals surface area contributed by atoms with Gasteiger partial charge >= 0.3 is 0 Å². The molecular weight excluding hydrogens is 196 g/mol. The molecule has 0 spiro atoms. The molecule has 3 atom stereocenters. The Morgan fingerprint density at radius 3 is 2.69 bits per heavy atom. The van der Waals surface area contributed by atoms with Gasteiger partial charge in [0.25, 0.3) is 0 Å². The molecule has 92 valence electrons. The summed E-state index contributed by atoms with van der Waals surface area (Å²) in [7, 11) is 0. The van der Waals surface area contributed by atoms with Crippen molar-refractivity contribution in [3.63, 3.8) is 0 Å². The van der Waals surface area contributed by atoms with Gasteiger partial charge in [0.05, 0.1) is 0 Å². The van der Waals surface area contributed by atoms with E-state index in [0.29, 0.717) is 0 Å². The van der Waals surface area contributed by atoms with Crippen LogP contribution in [-0.4, -0.2) is 18.6 Å². The lowest BCUT2D eigenvalue weighted by Gasteiger charge is -2.43. The van der Waals surface area contributed by atoms with E-state index in [9.17, 15) is 0 Å². The van der Waals surface area contributed by atoms with Crippen LogP contribution < -0.4 is 11.1 Å². The fraction of sp³-hybridized carbons (Fsp3) is 0.857. The van der Waals surface area contributed by atoms with Crippen molar-refractivity contribution in [1.29, 1.82) is 0 Å². The molecule has 0 saturated heterocycles. The summed E-state index contributed by atoms with van der Waals surface area (Å²) in [6.07, 6.45) is 4.66. The molecule has 2 heteroatoms. The van der Waals surface area contributed by atoms with Gasteiger partial charge in [-0.1, -0.05) is 13.8 Å². The highest BCUT2D eigenvalue weighted by atomic mass is 15.0. The minimum atomic E-state index is 0.182. The molecular formula is C14H26N2. The first-order chi connectivity index (χ1) is 7.63. The van der Waals surface area contributed by atoms with Crippen molar-refractivity contribution in [3.8, 4) is 11.8 Å². The van der Waals surface area contributed by atoms with Crippen LogP contribution in [0.3, 0.4) is 0 Å². The monoisotopic (exact) mass is 222 g/mol. The van der Waals surface area contributed by atoms with E-state index in [1.165, 1.54) is 19.3 Å². The van der Waals surface area contributed by atoms with Crippen molar-refractivity contribution in [2.75, 3.05) is 13.1 Å². The average molecular weight is 222 g/mol. The fourth-order valence-electron chi connectivity index (χ4n) is 2.64.